The topological polar surface area (TPSA) is 72.7 Å². The van der Waals surface area contributed by atoms with Crippen molar-refractivity contribution in [3.63, 3.8) is 0 Å². The fourth-order valence-corrected chi connectivity index (χ4v) is 8.15. The van der Waals surface area contributed by atoms with Crippen LogP contribution in [0.4, 0.5) is 10.1 Å². The maximum atomic E-state index is 14.0. The summed E-state index contributed by atoms with van der Waals surface area (Å²) < 4.78 is 23.9. The monoisotopic (exact) mass is 827 g/mol. The molecule has 10 heteroatoms. The van der Waals surface area contributed by atoms with Gasteiger partial charge in [-0.3, -0.25) is 14.2 Å². The number of anilines is 1. The van der Waals surface area contributed by atoms with Gasteiger partial charge in [-0.1, -0.05) is 72.0 Å². The fraction of sp³-hybridized carbons (Fsp3) is 0.0882. The lowest BCUT2D eigenvalue weighted by molar-refractivity contribution is -0.113. The van der Waals surface area contributed by atoms with E-state index in [4.69, 9.17) is 9.73 Å². The predicted molar refractivity (Wildman–Crippen MR) is 188 cm³/mol. The molecular weight excluding hydrogens is 803 g/mol. The normalized spacial score (nSPS) is 14.6. The van der Waals surface area contributed by atoms with E-state index in [-0.39, 0.29) is 11.5 Å². The van der Waals surface area contributed by atoms with Crippen LogP contribution >= 0.6 is 56.5 Å². The van der Waals surface area contributed by atoms with Crippen molar-refractivity contribution in [2.75, 3.05) is 5.32 Å². The number of aromatic nitrogens is 1. The smallest absolute Gasteiger partial charge is 0.271 e. The highest BCUT2D eigenvalue weighted by Gasteiger charge is 2.32. The van der Waals surface area contributed by atoms with E-state index in [0.29, 0.717) is 38.5 Å². The SMILES string of the molecule is CC1=C(C(=O)Nc2ccccc2)[C@@H](c2ccc(F)cc2)n2c(s/c(=C\c3cc(I)c(OCc4ccccc4)c(I)c3)c2=O)=N1. The molecule has 1 atom stereocenters. The van der Waals surface area contributed by atoms with Crippen molar-refractivity contribution in [3.05, 3.63) is 158 Å². The molecular formula is C34H24FI2N3O3S. The Morgan fingerprint density at radius 3 is 2.30 bits per heavy atom. The minimum Gasteiger partial charge on any atom is -0.487 e. The Balaban J connectivity index is 1.40. The molecule has 0 radical (unpaired) electrons. The van der Waals surface area contributed by atoms with Gasteiger partial charge >= 0.3 is 0 Å². The zero-order valence-corrected chi connectivity index (χ0v) is 28.4. The van der Waals surface area contributed by atoms with Gasteiger partial charge in [-0.2, -0.15) is 0 Å². The van der Waals surface area contributed by atoms with Crippen LogP contribution in [-0.2, 0) is 11.4 Å². The van der Waals surface area contributed by atoms with E-state index in [9.17, 15) is 14.0 Å². The average molecular weight is 827 g/mol. The number of thiazole rings is 1. The number of carbonyl (C=O) groups excluding carboxylic acids is 1. The molecule has 2 heterocycles. The molecule has 6 nitrogen and oxygen atoms in total. The Morgan fingerprint density at radius 1 is 1.00 bits per heavy atom. The molecule has 0 aliphatic carbocycles. The van der Waals surface area contributed by atoms with Crippen LogP contribution in [0.3, 0.4) is 0 Å². The molecule has 0 saturated heterocycles. The molecule has 0 spiro atoms. The molecule has 0 unspecified atom stereocenters. The number of nitrogens with one attached hydrogen (secondary N) is 1. The number of ether oxygens (including phenoxy) is 1. The zero-order valence-electron chi connectivity index (χ0n) is 23.3. The summed E-state index contributed by atoms with van der Waals surface area (Å²) in [6, 6.07) is 28.1. The Morgan fingerprint density at radius 2 is 1.64 bits per heavy atom. The summed E-state index contributed by atoms with van der Waals surface area (Å²) in [6.45, 7) is 2.21. The number of nitrogens with zero attached hydrogens (tertiary/aromatic N) is 2. The van der Waals surface area contributed by atoms with E-state index in [2.05, 4.69) is 50.5 Å². The van der Waals surface area contributed by atoms with Crippen molar-refractivity contribution in [2.45, 2.75) is 19.6 Å². The maximum Gasteiger partial charge on any atom is 0.271 e. The molecule has 1 aliphatic heterocycles. The first-order valence-electron chi connectivity index (χ1n) is 13.6. The quantitative estimate of drug-likeness (QED) is 0.184. The van der Waals surface area contributed by atoms with Gasteiger partial charge in [-0.25, -0.2) is 9.38 Å². The molecule has 44 heavy (non-hydrogen) atoms. The number of benzene rings is 4. The maximum absolute atomic E-state index is 14.0. The van der Waals surface area contributed by atoms with E-state index >= 15 is 0 Å². The van der Waals surface area contributed by atoms with Gasteiger partial charge in [0, 0.05) is 5.69 Å². The Labute approximate surface area is 283 Å². The number of carbonyl (C=O) groups is 1. The van der Waals surface area contributed by atoms with Crippen LogP contribution in [0.5, 0.6) is 5.75 Å². The zero-order chi connectivity index (χ0) is 30.8. The number of halogens is 3. The van der Waals surface area contributed by atoms with Crippen LogP contribution in [0.2, 0.25) is 0 Å². The van der Waals surface area contributed by atoms with Gasteiger partial charge in [0.1, 0.15) is 18.2 Å². The molecule has 220 valence electrons. The number of fused-ring (bicyclic) bond motifs is 1. The molecule has 5 aromatic rings. The molecule has 0 saturated carbocycles. The molecule has 4 aromatic carbocycles. The van der Waals surface area contributed by atoms with Crippen molar-refractivity contribution in [2.24, 2.45) is 4.99 Å². The Bertz CT molecular complexity index is 2050. The van der Waals surface area contributed by atoms with Gasteiger partial charge in [0.2, 0.25) is 0 Å². The predicted octanol–water partition coefficient (Wildman–Crippen LogP) is 6.80. The molecule has 0 fully saturated rings. The highest BCUT2D eigenvalue weighted by atomic mass is 127. The highest BCUT2D eigenvalue weighted by Crippen LogP contribution is 2.32. The summed E-state index contributed by atoms with van der Waals surface area (Å²) >= 11 is 5.75. The first-order chi connectivity index (χ1) is 21.3. The van der Waals surface area contributed by atoms with E-state index < -0.39 is 11.9 Å². The summed E-state index contributed by atoms with van der Waals surface area (Å²) in [5.41, 5.74) is 3.67. The van der Waals surface area contributed by atoms with Crippen LogP contribution in [0.1, 0.15) is 29.7 Å². The van der Waals surface area contributed by atoms with Crippen LogP contribution in [0, 0.1) is 13.0 Å². The summed E-state index contributed by atoms with van der Waals surface area (Å²) in [7, 11) is 0. The lowest BCUT2D eigenvalue weighted by atomic mass is 9.95. The summed E-state index contributed by atoms with van der Waals surface area (Å²) in [4.78, 5) is 32.8. The minimum atomic E-state index is -0.785. The molecule has 1 aliphatic rings. The largest absolute Gasteiger partial charge is 0.487 e. The lowest BCUT2D eigenvalue weighted by Gasteiger charge is -2.25. The average Bonchev–Trinajstić information content (AvgIpc) is 3.31. The van der Waals surface area contributed by atoms with Gasteiger partial charge in [0.05, 0.1) is 29.0 Å². The number of rotatable bonds is 7. The van der Waals surface area contributed by atoms with Gasteiger partial charge in [0.25, 0.3) is 11.5 Å². The van der Waals surface area contributed by atoms with Gasteiger partial charge in [-0.15, -0.1) is 0 Å². The number of para-hydroxylation sites is 1. The summed E-state index contributed by atoms with van der Waals surface area (Å²) in [6.07, 6.45) is 1.83. The number of hydrogen-bond acceptors (Lipinski definition) is 5. The molecule has 6 rings (SSSR count). The molecule has 1 N–H and O–H groups in total. The standard InChI is InChI=1S/C34H24FI2N3O3S/c1-20-29(32(41)39-25-10-6-3-7-11-25)30(23-12-14-24(35)15-13-23)40-33(42)28(44-34(40)38-20)18-22-16-26(36)31(27(37)17-22)43-19-21-8-4-2-5-9-21/h2-18,30H,19H2,1H3,(H,39,41)/b28-18-/t30-/m1/s1. The summed E-state index contributed by atoms with van der Waals surface area (Å²) in [5, 5.41) is 2.92. The fourth-order valence-electron chi connectivity index (χ4n) is 4.97. The second-order valence-electron chi connectivity index (χ2n) is 10.0. The van der Waals surface area contributed by atoms with E-state index in [1.54, 1.807) is 31.2 Å². The van der Waals surface area contributed by atoms with Crippen molar-refractivity contribution in [3.8, 4) is 5.75 Å². The van der Waals surface area contributed by atoms with E-state index in [1.807, 2.05) is 66.7 Å². The third kappa shape index (κ3) is 6.42. The Kier molecular flexibility index (Phi) is 9.10. The van der Waals surface area contributed by atoms with Crippen molar-refractivity contribution >= 4 is 74.2 Å². The number of amides is 1. The summed E-state index contributed by atoms with van der Waals surface area (Å²) in [5.74, 6) is 0.00321. The van der Waals surface area contributed by atoms with Crippen LogP contribution in [0.15, 0.2) is 118 Å². The molecule has 1 amide bonds. The second-order valence-corrected chi connectivity index (χ2v) is 13.4. The minimum absolute atomic E-state index is 0.282. The van der Waals surface area contributed by atoms with Crippen LogP contribution in [0.25, 0.3) is 6.08 Å². The van der Waals surface area contributed by atoms with E-state index in [1.165, 1.54) is 28.0 Å². The molecule has 0 bridgehead atoms. The van der Waals surface area contributed by atoms with Gasteiger partial charge in [-0.05, 0) is 111 Å². The van der Waals surface area contributed by atoms with Crippen LogP contribution < -0.4 is 24.9 Å². The highest BCUT2D eigenvalue weighted by molar-refractivity contribution is 14.1. The van der Waals surface area contributed by atoms with Crippen molar-refractivity contribution < 1.29 is 13.9 Å². The number of allylic oxidation sites excluding steroid dienone is 1. The molecule has 1 aromatic heterocycles. The van der Waals surface area contributed by atoms with Crippen molar-refractivity contribution in [1.29, 1.82) is 0 Å². The van der Waals surface area contributed by atoms with Gasteiger partial charge in [0.15, 0.2) is 4.80 Å². The Hall–Kier alpha value is -3.62. The van der Waals surface area contributed by atoms with Crippen LogP contribution in [-0.4, -0.2) is 10.5 Å². The number of hydrogen-bond donors (Lipinski definition) is 1. The van der Waals surface area contributed by atoms with E-state index in [0.717, 1.165) is 24.0 Å². The third-order valence-corrected chi connectivity index (χ3v) is 9.61. The van der Waals surface area contributed by atoms with Gasteiger partial charge < -0.3 is 10.1 Å². The second kappa shape index (κ2) is 13.2. The first kappa shape index (κ1) is 30.4. The lowest BCUT2D eigenvalue weighted by Crippen LogP contribution is -2.40. The van der Waals surface area contributed by atoms with Crippen molar-refractivity contribution in [1.82, 2.24) is 4.57 Å². The first-order valence-corrected chi connectivity index (χ1v) is 16.6. The third-order valence-electron chi connectivity index (χ3n) is 7.03.